The topological polar surface area (TPSA) is 60.9 Å². The largest absolute Gasteiger partial charge is 0.360 e. The minimum Gasteiger partial charge on any atom is -0.360 e. The smallest absolute Gasteiger partial charge is 0.159 e. The van der Waals surface area contributed by atoms with Crippen LogP contribution in [0.15, 0.2) is 65.6 Å². The lowest BCUT2D eigenvalue weighted by Gasteiger charge is -2.03. The number of hydrogen-bond donors (Lipinski definition) is 0. The van der Waals surface area contributed by atoms with Gasteiger partial charge in [0, 0.05) is 23.0 Å². The lowest BCUT2D eigenvalue weighted by Crippen LogP contribution is -1.94. The Bertz CT molecular complexity index is 1110. The number of hydrogen-bond acceptors (Lipinski definition) is 4. The molecule has 5 nitrogen and oxygen atoms in total. The Morgan fingerprint density at radius 2 is 1.78 bits per heavy atom. The van der Waals surface area contributed by atoms with Crippen LogP contribution in [0.3, 0.4) is 0 Å². The summed E-state index contributed by atoms with van der Waals surface area (Å²) in [7, 11) is 0. The average Bonchev–Trinajstić information content (AvgIpc) is 3.29. The van der Waals surface area contributed by atoms with Crippen molar-refractivity contribution in [1.82, 2.24) is 14.7 Å². The lowest BCUT2D eigenvalue weighted by molar-refractivity contribution is 0.101. The van der Waals surface area contributed by atoms with E-state index in [0.29, 0.717) is 22.7 Å². The quantitative estimate of drug-likeness (QED) is 0.488. The third kappa shape index (κ3) is 3.17. The Kier molecular flexibility index (Phi) is 4.16. The summed E-state index contributed by atoms with van der Waals surface area (Å²) in [6.45, 7) is 3.35. The normalized spacial score (nSPS) is 10.9. The van der Waals surface area contributed by atoms with Crippen molar-refractivity contribution in [2.24, 2.45) is 0 Å². The number of carbonyl (C=O) groups excluding carboxylic acids is 1. The molecular formula is C21H16FN3O2. The molecule has 0 unspecified atom stereocenters. The van der Waals surface area contributed by atoms with E-state index < -0.39 is 0 Å². The van der Waals surface area contributed by atoms with Gasteiger partial charge in [0.25, 0.3) is 0 Å². The molecule has 2 heterocycles. The molecule has 134 valence electrons. The fraction of sp³-hybridized carbons (Fsp3) is 0.0952. The van der Waals surface area contributed by atoms with Crippen molar-refractivity contribution >= 4 is 5.78 Å². The number of carbonyl (C=O) groups is 1. The molecule has 0 saturated heterocycles. The van der Waals surface area contributed by atoms with Crippen LogP contribution in [-0.4, -0.2) is 20.5 Å². The van der Waals surface area contributed by atoms with E-state index in [1.165, 1.54) is 19.1 Å². The fourth-order valence-electron chi connectivity index (χ4n) is 2.94. The molecule has 2 aromatic carbocycles. The Labute approximate surface area is 155 Å². The highest BCUT2D eigenvalue weighted by Gasteiger charge is 2.19. The van der Waals surface area contributed by atoms with Crippen molar-refractivity contribution in [3.05, 3.63) is 78.2 Å². The predicted octanol–water partition coefficient (Wildman–Crippen LogP) is 4.84. The molecule has 0 aliphatic rings. The minimum atomic E-state index is -0.307. The highest BCUT2D eigenvalue weighted by atomic mass is 19.1. The van der Waals surface area contributed by atoms with Gasteiger partial charge in [-0.25, -0.2) is 9.37 Å². The van der Waals surface area contributed by atoms with E-state index >= 15 is 0 Å². The summed E-state index contributed by atoms with van der Waals surface area (Å²) in [6.07, 6.45) is 3.56. The first-order chi connectivity index (χ1) is 13.0. The number of ketones is 1. The van der Waals surface area contributed by atoms with Crippen molar-refractivity contribution in [2.45, 2.75) is 13.8 Å². The van der Waals surface area contributed by atoms with Gasteiger partial charge in [-0.3, -0.25) is 4.79 Å². The summed E-state index contributed by atoms with van der Waals surface area (Å²) in [5, 5.41) is 4.12. The van der Waals surface area contributed by atoms with Crippen molar-refractivity contribution in [3.8, 4) is 28.2 Å². The number of benzene rings is 2. The molecule has 0 N–H and O–H groups in total. The maximum absolute atomic E-state index is 13.2. The Morgan fingerprint density at radius 1 is 1.07 bits per heavy atom. The van der Waals surface area contributed by atoms with Gasteiger partial charge in [-0.2, -0.15) is 0 Å². The first-order valence-corrected chi connectivity index (χ1v) is 8.41. The minimum absolute atomic E-state index is 0.0249. The predicted molar refractivity (Wildman–Crippen MR) is 99.2 cm³/mol. The molecule has 4 rings (SSSR count). The molecule has 0 aliphatic carbocycles. The molecule has 27 heavy (non-hydrogen) atoms. The maximum atomic E-state index is 13.2. The van der Waals surface area contributed by atoms with Crippen LogP contribution in [0.25, 0.3) is 28.2 Å². The molecule has 0 radical (unpaired) electrons. The Hall–Kier alpha value is -3.54. The summed E-state index contributed by atoms with van der Waals surface area (Å²) >= 11 is 0. The molecular weight excluding hydrogens is 345 g/mol. The fourth-order valence-corrected chi connectivity index (χ4v) is 2.94. The molecule has 0 amide bonds. The Morgan fingerprint density at radius 3 is 2.44 bits per heavy atom. The van der Waals surface area contributed by atoms with Crippen LogP contribution in [0.5, 0.6) is 0 Å². The van der Waals surface area contributed by atoms with Crippen LogP contribution in [-0.2, 0) is 0 Å². The van der Waals surface area contributed by atoms with E-state index in [9.17, 15) is 9.18 Å². The number of aryl methyl sites for hydroxylation is 1. The molecule has 0 saturated carbocycles. The van der Waals surface area contributed by atoms with Crippen LogP contribution in [0.4, 0.5) is 4.39 Å². The monoisotopic (exact) mass is 361 g/mol. The van der Waals surface area contributed by atoms with Gasteiger partial charge in [-0.1, -0.05) is 5.16 Å². The van der Waals surface area contributed by atoms with E-state index in [1.807, 2.05) is 29.8 Å². The van der Waals surface area contributed by atoms with Crippen molar-refractivity contribution in [3.63, 3.8) is 0 Å². The zero-order valence-corrected chi connectivity index (χ0v) is 14.8. The summed E-state index contributed by atoms with van der Waals surface area (Å²) in [5.74, 6) is 0.349. The second-order valence-electron chi connectivity index (χ2n) is 6.24. The van der Waals surface area contributed by atoms with Gasteiger partial charge in [-0.05, 0) is 62.4 Å². The summed E-state index contributed by atoms with van der Waals surface area (Å²) in [6, 6.07) is 13.4. The molecule has 0 spiro atoms. The van der Waals surface area contributed by atoms with Crippen molar-refractivity contribution in [2.75, 3.05) is 0 Å². The van der Waals surface area contributed by atoms with Crippen LogP contribution < -0.4 is 0 Å². The van der Waals surface area contributed by atoms with E-state index in [2.05, 4.69) is 10.1 Å². The number of halogens is 1. The molecule has 0 fully saturated rings. The van der Waals surface area contributed by atoms with Gasteiger partial charge in [-0.15, -0.1) is 0 Å². The third-order valence-electron chi connectivity index (χ3n) is 4.39. The number of rotatable bonds is 4. The average molecular weight is 361 g/mol. The van der Waals surface area contributed by atoms with Gasteiger partial charge >= 0.3 is 0 Å². The van der Waals surface area contributed by atoms with Gasteiger partial charge in [0.2, 0.25) is 0 Å². The molecule has 2 aromatic heterocycles. The SMILES string of the molecule is CC(=O)c1ccc(-n2cnc(-c3c(-c4ccc(F)cc4)noc3C)c2)cc1. The number of aromatic nitrogens is 3. The molecule has 4 aromatic rings. The summed E-state index contributed by atoms with van der Waals surface area (Å²) in [4.78, 5) is 15.9. The molecule has 0 aliphatic heterocycles. The standard InChI is InChI=1S/C21H16FN3O2/c1-13(26)15-5-9-18(10-6-15)25-11-19(23-12-25)20-14(2)27-24-21(20)16-3-7-17(22)8-4-16/h3-12H,1-2H3. The first-order valence-electron chi connectivity index (χ1n) is 8.41. The highest BCUT2D eigenvalue weighted by molar-refractivity contribution is 5.94. The zero-order valence-electron chi connectivity index (χ0n) is 14.8. The molecule has 0 bridgehead atoms. The van der Waals surface area contributed by atoms with E-state index in [4.69, 9.17) is 4.52 Å². The van der Waals surface area contributed by atoms with Crippen LogP contribution in [0.2, 0.25) is 0 Å². The molecule has 0 atom stereocenters. The van der Waals surface area contributed by atoms with Crippen LogP contribution in [0.1, 0.15) is 23.0 Å². The lowest BCUT2D eigenvalue weighted by atomic mass is 10.0. The van der Waals surface area contributed by atoms with Gasteiger partial charge in [0.15, 0.2) is 5.78 Å². The van der Waals surface area contributed by atoms with Crippen LogP contribution in [0, 0.1) is 12.7 Å². The van der Waals surface area contributed by atoms with Gasteiger partial charge in [0.1, 0.15) is 17.3 Å². The maximum Gasteiger partial charge on any atom is 0.159 e. The third-order valence-corrected chi connectivity index (χ3v) is 4.39. The van der Waals surface area contributed by atoms with Crippen LogP contribution >= 0.6 is 0 Å². The van der Waals surface area contributed by atoms with Crippen molar-refractivity contribution in [1.29, 1.82) is 0 Å². The second kappa shape index (κ2) is 6.64. The second-order valence-corrected chi connectivity index (χ2v) is 6.24. The number of nitrogens with zero attached hydrogens (tertiary/aromatic N) is 3. The molecule has 6 heteroatoms. The van der Waals surface area contributed by atoms with Crippen molar-refractivity contribution < 1.29 is 13.7 Å². The summed E-state index contributed by atoms with van der Waals surface area (Å²) in [5.41, 5.74) is 4.38. The zero-order chi connectivity index (χ0) is 19.0. The van der Waals surface area contributed by atoms with Gasteiger partial charge < -0.3 is 9.09 Å². The van der Waals surface area contributed by atoms with E-state index in [0.717, 1.165) is 16.8 Å². The van der Waals surface area contributed by atoms with E-state index in [-0.39, 0.29) is 11.6 Å². The number of Topliss-reactive ketones (excluding diaryl/α,β-unsaturated/α-hetero) is 1. The summed E-state index contributed by atoms with van der Waals surface area (Å²) < 4.78 is 20.4. The van der Waals surface area contributed by atoms with E-state index in [1.54, 1.807) is 30.6 Å². The number of imidazole rings is 1. The highest BCUT2D eigenvalue weighted by Crippen LogP contribution is 2.33. The first kappa shape index (κ1) is 16.9. The van der Waals surface area contributed by atoms with Gasteiger partial charge in [0.05, 0.1) is 17.6 Å². The Balaban J connectivity index is 1.72.